The Labute approximate surface area is 385 Å². The van der Waals surface area contributed by atoms with Crippen LogP contribution in [0.2, 0.25) is 0 Å². The van der Waals surface area contributed by atoms with Gasteiger partial charge in [-0.25, -0.2) is 0 Å². The average molecular weight is 851 g/mol. The molecule has 318 valence electrons. The molecule has 12 aromatic rings. The van der Waals surface area contributed by atoms with Gasteiger partial charge in [-0.3, -0.25) is 0 Å². The first kappa shape index (κ1) is 38.8. The van der Waals surface area contributed by atoms with Crippen molar-refractivity contribution >= 4 is 65.6 Å². The summed E-state index contributed by atoms with van der Waals surface area (Å²) in [6, 6.07) is 71.6. The maximum Gasteiger partial charge on any atom is 0.143 e. The van der Waals surface area contributed by atoms with Gasteiger partial charge in [-0.15, -0.1) is 0 Å². The lowest BCUT2D eigenvalue weighted by molar-refractivity contribution is 0.125. The fourth-order valence-electron chi connectivity index (χ4n) is 11.7. The van der Waals surface area contributed by atoms with Crippen LogP contribution in [0.25, 0.3) is 110 Å². The van der Waals surface area contributed by atoms with Crippen LogP contribution in [0.15, 0.2) is 199 Å². The summed E-state index contributed by atoms with van der Waals surface area (Å²) in [5.41, 5.74) is 18.8. The van der Waals surface area contributed by atoms with Crippen LogP contribution in [-0.4, -0.2) is 9.13 Å². The summed E-state index contributed by atoms with van der Waals surface area (Å²) >= 11 is 0. The molecule has 0 aliphatic heterocycles. The van der Waals surface area contributed by atoms with E-state index >= 15 is 0 Å². The average Bonchev–Trinajstić information content (AvgIpc) is 4.03. The van der Waals surface area contributed by atoms with Gasteiger partial charge in [0.25, 0.3) is 0 Å². The van der Waals surface area contributed by atoms with Crippen LogP contribution in [-0.2, 0) is 10.8 Å². The van der Waals surface area contributed by atoms with E-state index in [9.17, 15) is 0 Å². The Kier molecular flexibility index (Phi) is 8.06. The first-order chi connectivity index (χ1) is 32.0. The van der Waals surface area contributed by atoms with Crippen LogP contribution in [0, 0.1) is 5.41 Å². The number of para-hydroxylation sites is 5. The molecule has 1 aliphatic carbocycles. The molecule has 0 bridgehead atoms. The van der Waals surface area contributed by atoms with Crippen molar-refractivity contribution < 1.29 is 4.42 Å². The van der Waals surface area contributed by atoms with Crippen molar-refractivity contribution in [3.63, 3.8) is 0 Å². The summed E-state index contributed by atoms with van der Waals surface area (Å²) in [6.07, 6.45) is 0. The van der Waals surface area contributed by atoms with Gasteiger partial charge in [0.05, 0.1) is 22.1 Å². The number of rotatable bonds is 5. The van der Waals surface area contributed by atoms with Crippen LogP contribution >= 0.6 is 0 Å². The van der Waals surface area contributed by atoms with Crippen LogP contribution < -0.4 is 0 Å². The van der Waals surface area contributed by atoms with E-state index in [1.165, 1.54) is 88.2 Å². The van der Waals surface area contributed by atoms with Crippen LogP contribution in [0.1, 0.15) is 52.7 Å². The predicted octanol–water partition coefficient (Wildman–Crippen LogP) is 17.4. The lowest BCUT2D eigenvalue weighted by Gasteiger charge is -2.44. The minimum Gasteiger partial charge on any atom is -0.455 e. The van der Waals surface area contributed by atoms with Gasteiger partial charge in [-0.2, -0.15) is 0 Å². The molecule has 0 fully saturated rings. The summed E-state index contributed by atoms with van der Waals surface area (Å²) in [6.45, 7) is 14.7. The Morgan fingerprint density at radius 2 is 0.788 bits per heavy atom. The minimum absolute atomic E-state index is 0.00648. The molecule has 3 heterocycles. The van der Waals surface area contributed by atoms with Crippen molar-refractivity contribution in [3.05, 3.63) is 205 Å². The van der Waals surface area contributed by atoms with Crippen molar-refractivity contribution in [3.8, 4) is 44.8 Å². The first-order valence-corrected chi connectivity index (χ1v) is 23.3. The second-order valence-electron chi connectivity index (χ2n) is 20.2. The first-order valence-electron chi connectivity index (χ1n) is 23.3. The van der Waals surface area contributed by atoms with Gasteiger partial charge in [-0.1, -0.05) is 151 Å². The fourth-order valence-corrected chi connectivity index (χ4v) is 11.7. The van der Waals surface area contributed by atoms with Crippen LogP contribution in [0.5, 0.6) is 0 Å². The molecule has 66 heavy (non-hydrogen) atoms. The second kappa shape index (κ2) is 13.7. The number of fused-ring (bicyclic) bond motifs is 10. The Hall–Kier alpha value is -7.62. The summed E-state index contributed by atoms with van der Waals surface area (Å²) in [5.74, 6) is 0. The van der Waals surface area contributed by atoms with Crippen molar-refractivity contribution in [1.82, 2.24) is 9.13 Å². The number of benzene rings is 9. The third-order valence-corrected chi connectivity index (χ3v) is 16.4. The number of aromatic nitrogens is 2. The highest BCUT2D eigenvalue weighted by Gasteiger charge is 2.57. The molecule has 13 rings (SSSR count). The molecule has 1 aliphatic rings. The van der Waals surface area contributed by atoms with Crippen molar-refractivity contribution in [2.45, 2.75) is 52.4 Å². The number of nitrogens with zero attached hydrogens (tertiary/aromatic N) is 2. The van der Waals surface area contributed by atoms with Gasteiger partial charge in [0.15, 0.2) is 0 Å². The lowest BCUT2D eigenvalue weighted by Crippen LogP contribution is -2.42. The van der Waals surface area contributed by atoms with E-state index in [-0.39, 0.29) is 16.2 Å². The van der Waals surface area contributed by atoms with E-state index in [0.29, 0.717) is 0 Å². The highest BCUT2D eigenvalue weighted by molar-refractivity contribution is 6.15. The van der Waals surface area contributed by atoms with Crippen LogP contribution in [0.3, 0.4) is 0 Å². The second-order valence-corrected chi connectivity index (χ2v) is 20.2. The topological polar surface area (TPSA) is 23.0 Å². The molecular formula is C63H50N2O. The minimum atomic E-state index is -0.0681. The summed E-state index contributed by atoms with van der Waals surface area (Å²) in [4.78, 5) is 0. The molecule has 0 radical (unpaired) electrons. The Morgan fingerprint density at radius 3 is 1.39 bits per heavy atom. The fraction of sp³-hybridized carbons (Fsp3) is 0.143. The van der Waals surface area contributed by atoms with Crippen molar-refractivity contribution in [1.29, 1.82) is 0 Å². The summed E-state index contributed by atoms with van der Waals surface area (Å²) < 4.78 is 11.6. The third-order valence-electron chi connectivity index (χ3n) is 16.4. The lowest BCUT2D eigenvalue weighted by atomic mass is 9.59. The van der Waals surface area contributed by atoms with E-state index in [4.69, 9.17) is 4.42 Å². The molecule has 3 aromatic heterocycles. The van der Waals surface area contributed by atoms with Gasteiger partial charge in [0.1, 0.15) is 11.2 Å². The normalized spacial score (nSPS) is 15.2. The molecule has 0 saturated carbocycles. The number of hydrogen-bond acceptors (Lipinski definition) is 1. The monoisotopic (exact) mass is 850 g/mol. The van der Waals surface area contributed by atoms with Gasteiger partial charge >= 0.3 is 0 Å². The maximum absolute atomic E-state index is 6.79. The molecular weight excluding hydrogens is 801 g/mol. The standard InChI is InChI=1S/C63H50N2O/c1-61(2)53-37-48(49(38-54(53)62(3,4)63(61,5)6)47-25-17-24-46-45-23-14-16-27-59(45)66-60(46)47)41-30-33-58-52(36-41)51-35-40(29-32-57(51)65(58)43-20-11-8-12-21-43)39-28-31-56-50(34-39)44-22-13-15-26-55(44)64(56)42-18-9-7-10-19-42/h7-38H,1-6H3. The van der Waals surface area contributed by atoms with E-state index in [1.54, 1.807) is 0 Å². The van der Waals surface area contributed by atoms with Crippen molar-refractivity contribution in [2.75, 3.05) is 0 Å². The zero-order chi connectivity index (χ0) is 44.7. The summed E-state index contributed by atoms with van der Waals surface area (Å²) in [5, 5.41) is 7.24. The van der Waals surface area contributed by atoms with E-state index in [0.717, 1.165) is 33.2 Å². The quantitative estimate of drug-likeness (QED) is 0.169. The Morgan fingerprint density at radius 1 is 0.333 bits per heavy atom. The molecule has 0 N–H and O–H groups in total. The summed E-state index contributed by atoms with van der Waals surface area (Å²) in [7, 11) is 0. The molecule has 0 amide bonds. The van der Waals surface area contributed by atoms with Gasteiger partial charge < -0.3 is 13.6 Å². The molecule has 9 aromatic carbocycles. The molecule has 0 atom stereocenters. The van der Waals surface area contributed by atoms with Gasteiger partial charge in [-0.05, 0) is 140 Å². The van der Waals surface area contributed by atoms with Gasteiger partial charge in [0.2, 0.25) is 0 Å². The molecule has 0 unspecified atom stereocenters. The van der Waals surface area contributed by atoms with E-state index in [2.05, 4.69) is 245 Å². The number of hydrogen-bond donors (Lipinski definition) is 0. The zero-order valence-electron chi connectivity index (χ0n) is 38.3. The molecule has 3 nitrogen and oxygen atoms in total. The predicted molar refractivity (Wildman–Crippen MR) is 279 cm³/mol. The largest absolute Gasteiger partial charge is 0.455 e. The van der Waals surface area contributed by atoms with Gasteiger partial charge in [0, 0.05) is 49.3 Å². The molecule has 0 saturated heterocycles. The molecule has 3 heteroatoms. The maximum atomic E-state index is 6.79. The highest BCUT2D eigenvalue weighted by Crippen LogP contribution is 2.63. The zero-order valence-corrected chi connectivity index (χ0v) is 38.3. The Balaban J connectivity index is 1.06. The van der Waals surface area contributed by atoms with E-state index < -0.39 is 0 Å². The van der Waals surface area contributed by atoms with Crippen molar-refractivity contribution in [2.24, 2.45) is 5.41 Å². The number of furan rings is 1. The SMILES string of the molecule is CC1(C)c2cc(-c3ccc4c(c3)c3cc(-c5ccc6c(c5)c5ccccc5n6-c5ccccc5)ccc3n4-c3ccccc3)c(-c3cccc4c3oc3ccccc34)cc2C(C)(C)C1(C)C. The highest BCUT2D eigenvalue weighted by atomic mass is 16.3. The van der Waals surface area contributed by atoms with E-state index in [1.807, 2.05) is 0 Å². The third kappa shape index (κ3) is 5.26. The smallest absolute Gasteiger partial charge is 0.143 e. The van der Waals surface area contributed by atoms with Crippen LogP contribution in [0.4, 0.5) is 0 Å². The Bertz CT molecular complexity index is 3950. The molecule has 0 spiro atoms.